The summed E-state index contributed by atoms with van der Waals surface area (Å²) in [6, 6.07) is 15.3. The molecule has 6 rings (SSSR count). The molecule has 1 unspecified atom stereocenters. The summed E-state index contributed by atoms with van der Waals surface area (Å²) in [5.41, 5.74) is 3.42. The molecule has 1 saturated carbocycles. The molecule has 0 bridgehead atoms. The van der Waals surface area contributed by atoms with E-state index >= 15 is 0 Å². The highest BCUT2D eigenvalue weighted by molar-refractivity contribution is 6.30. The minimum Gasteiger partial charge on any atom is -0.497 e. The summed E-state index contributed by atoms with van der Waals surface area (Å²) in [5, 5.41) is 14.4. The summed E-state index contributed by atoms with van der Waals surface area (Å²) in [4.78, 5) is 19.8. The van der Waals surface area contributed by atoms with Crippen LogP contribution in [0.4, 0.5) is 5.69 Å². The zero-order chi connectivity index (χ0) is 31.1. The summed E-state index contributed by atoms with van der Waals surface area (Å²) < 4.78 is 12.1. The second kappa shape index (κ2) is 12.4. The Bertz CT molecular complexity index is 1520. The van der Waals surface area contributed by atoms with Gasteiger partial charge >= 0.3 is 5.97 Å². The highest BCUT2D eigenvalue weighted by Crippen LogP contribution is 2.57. The lowest BCUT2D eigenvalue weighted by molar-refractivity contribution is -0.145. The maximum atomic E-state index is 12.8. The minimum absolute atomic E-state index is 0.169. The number of anilines is 1. The standard InChI is InChI=1S/C35H41Cl2N3O4/c1-22(21-44-30-12-17-38-29-9-4-6-23(2)31(29)30)20-40-32(37)27-11-10-26(43-3)19-28(27)35(40)15-13-34(14-16-35,33(41)42)39-25-8-5-7-24(36)18-25/h5,7-8,10-12,17-19,22-23,32,39H,4,6,9,13-16,20-21H2,1-3H3,(H,41,42)/t22-,23-,32?,34?,35?/m1/s1. The van der Waals surface area contributed by atoms with Gasteiger partial charge in [-0.05, 0) is 98.4 Å². The van der Waals surface area contributed by atoms with Gasteiger partial charge < -0.3 is 19.9 Å². The van der Waals surface area contributed by atoms with E-state index in [1.165, 1.54) is 5.56 Å². The summed E-state index contributed by atoms with van der Waals surface area (Å²) in [6.45, 7) is 5.71. The van der Waals surface area contributed by atoms with E-state index in [1.807, 2.05) is 30.5 Å². The van der Waals surface area contributed by atoms with E-state index in [4.69, 9.17) is 32.7 Å². The van der Waals surface area contributed by atoms with Gasteiger partial charge in [0, 0.05) is 46.2 Å². The number of alkyl halides is 1. The van der Waals surface area contributed by atoms with Crippen molar-refractivity contribution in [3.05, 3.63) is 82.1 Å². The highest BCUT2D eigenvalue weighted by Gasteiger charge is 2.56. The van der Waals surface area contributed by atoms with E-state index < -0.39 is 17.0 Å². The number of aliphatic carboxylic acids is 1. The van der Waals surface area contributed by atoms with Gasteiger partial charge in [0.15, 0.2) is 0 Å². The Morgan fingerprint density at radius 3 is 2.70 bits per heavy atom. The van der Waals surface area contributed by atoms with Crippen LogP contribution in [0, 0.1) is 5.92 Å². The first kappa shape index (κ1) is 31.0. The number of carboxylic acid groups (broad SMARTS) is 1. The summed E-state index contributed by atoms with van der Waals surface area (Å²) in [7, 11) is 1.67. The number of benzene rings is 2. The van der Waals surface area contributed by atoms with Gasteiger partial charge in [0.1, 0.15) is 22.5 Å². The van der Waals surface area contributed by atoms with Crippen molar-refractivity contribution in [2.45, 2.75) is 81.3 Å². The Kier molecular flexibility index (Phi) is 8.75. The van der Waals surface area contributed by atoms with Gasteiger partial charge in [0.25, 0.3) is 0 Å². The number of pyridine rings is 1. The first-order chi connectivity index (χ1) is 21.2. The SMILES string of the molecule is COc1ccc2c(c1)C1(CCC(Nc3cccc(Cl)c3)(C(=O)O)CC1)N(C[C@@H](C)COc1ccnc3c1[C@H](C)CCC3)C2Cl. The van der Waals surface area contributed by atoms with Crippen LogP contribution in [0.25, 0.3) is 0 Å². The van der Waals surface area contributed by atoms with E-state index in [-0.39, 0.29) is 11.4 Å². The van der Waals surface area contributed by atoms with Crippen molar-refractivity contribution in [3.8, 4) is 11.5 Å². The average Bonchev–Trinajstić information content (AvgIpc) is 3.23. The molecule has 1 fully saturated rings. The Labute approximate surface area is 269 Å². The summed E-state index contributed by atoms with van der Waals surface area (Å²) in [6.07, 6.45) is 7.29. The van der Waals surface area contributed by atoms with Gasteiger partial charge in [-0.2, -0.15) is 0 Å². The van der Waals surface area contributed by atoms with Crippen LogP contribution in [0.3, 0.4) is 0 Å². The molecular formula is C35H41Cl2N3O4. The molecule has 3 aliphatic rings. The van der Waals surface area contributed by atoms with Crippen molar-refractivity contribution in [3.63, 3.8) is 0 Å². The van der Waals surface area contributed by atoms with Crippen LogP contribution in [0.15, 0.2) is 54.7 Å². The maximum absolute atomic E-state index is 12.8. The number of nitrogens with one attached hydrogen (secondary N) is 1. The number of halogens is 2. The fourth-order valence-corrected chi connectivity index (χ4v) is 8.30. The molecule has 9 heteroatoms. The number of fused-ring (bicyclic) bond motifs is 3. The van der Waals surface area contributed by atoms with Gasteiger partial charge in [0.2, 0.25) is 0 Å². The minimum atomic E-state index is -1.11. The van der Waals surface area contributed by atoms with Crippen molar-refractivity contribution in [2.75, 3.05) is 25.6 Å². The molecule has 0 radical (unpaired) electrons. The maximum Gasteiger partial charge on any atom is 0.329 e. The Morgan fingerprint density at radius 1 is 1.18 bits per heavy atom. The van der Waals surface area contributed by atoms with Crippen molar-refractivity contribution in [2.24, 2.45) is 5.92 Å². The molecule has 0 amide bonds. The highest BCUT2D eigenvalue weighted by atomic mass is 35.5. The molecule has 2 aromatic carbocycles. The fourth-order valence-electron chi connectivity index (χ4n) is 7.65. The van der Waals surface area contributed by atoms with Crippen LogP contribution in [-0.2, 0) is 16.8 Å². The third-order valence-corrected chi connectivity index (χ3v) is 10.7. The van der Waals surface area contributed by atoms with Crippen molar-refractivity contribution >= 4 is 34.9 Å². The number of rotatable bonds is 9. The number of hydrogen-bond donors (Lipinski definition) is 2. The van der Waals surface area contributed by atoms with Crippen molar-refractivity contribution < 1.29 is 19.4 Å². The zero-order valence-electron chi connectivity index (χ0n) is 25.6. The number of methoxy groups -OCH3 is 1. The van der Waals surface area contributed by atoms with Crippen LogP contribution in [0.2, 0.25) is 5.02 Å². The molecule has 0 saturated heterocycles. The predicted molar refractivity (Wildman–Crippen MR) is 174 cm³/mol. The van der Waals surface area contributed by atoms with Crippen LogP contribution in [0.1, 0.15) is 86.2 Å². The molecule has 3 aromatic rings. The topological polar surface area (TPSA) is 83.9 Å². The van der Waals surface area contributed by atoms with Crippen molar-refractivity contribution in [1.82, 2.24) is 9.88 Å². The Morgan fingerprint density at radius 2 is 1.98 bits per heavy atom. The smallest absolute Gasteiger partial charge is 0.329 e. The average molecular weight is 639 g/mol. The molecular weight excluding hydrogens is 597 g/mol. The van der Waals surface area contributed by atoms with Gasteiger partial charge in [-0.1, -0.05) is 37.6 Å². The number of aromatic nitrogens is 1. The van der Waals surface area contributed by atoms with E-state index in [0.29, 0.717) is 55.5 Å². The summed E-state index contributed by atoms with van der Waals surface area (Å²) in [5.74, 6) is 1.46. The molecule has 1 spiro atoms. The Hall–Kier alpha value is -3.00. The molecule has 44 heavy (non-hydrogen) atoms. The number of nitrogens with zero attached hydrogens (tertiary/aromatic N) is 2. The normalized spacial score (nSPS) is 26.9. The number of hydrogen-bond acceptors (Lipinski definition) is 6. The third kappa shape index (κ3) is 5.63. The molecule has 2 aliphatic carbocycles. The molecule has 234 valence electrons. The van der Waals surface area contributed by atoms with Gasteiger partial charge in [-0.25, -0.2) is 4.79 Å². The lowest BCUT2D eigenvalue weighted by Gasteiger charge is -2.49. The number of carboxylic acids is 1. The van der Waals surface area contributed by atoms with Crippen LogP contribution >= 0.6 is 23.2 Å². The predicted octanol–water partition coefficient (Wildman–Crippen LogP) is 8.16. The van der Waals surface area contributed by atoms with Crippen LogP contribution < -0.4 is 14.8 Å². The Balaban J connectivity index is 1.25. The number of carbonyl (C=O) groups is 1. The first-order valence-corrected chi connectivity index (χ1v) is 16.4. The largest absolute Gasteiger partial charge is 0.497 e. The second-order valence-corrected chi connectivity index (χ2v) is 13.7. The van der Waals surface area contributed by atoms with E-state index in [2.05, 4.69) is 41.2 Å². The van der Waals surface area contributed by atoms with E-state index in [0.717, 1.165) is 47.6 Å². The van der Waals surface area contributed by atoms with Crippen LogP contribution in [0.5, 0.6) is 11.5 Å². The molecule has 3 atom stereocenters. The second-order valence-electron chi connectivity index (χ2n) is 12.9. The molecule has 2 N–H and O–H groups in total. The molecule has 7 nitrogen and oxygen atoms in total. The lowest BCUT2D eigenvalue weighted by Crippen LogP contribution is -2.55. The van der Waals surface area contributed by atoms with Crippen LogP contribution in [-0.4, -0.2) is 46.8 Å². The quantitative estimate of drug-likeness (QED) is 0.181. The van der Waals surface area contributed by atoms with Gasteiger partial charge in [-0.3, -0.25) is 9.88 Å². The first-order valence-electron chi connectivity index (χ1n) is 15.6. The van der Waals surface area contributed by atoms with Crippen molar-refractivity contribution in [1.29, 1.82) is 0 Å². The molecule has 1 aliphatic heterocycles. The monoisotopic (exact) mass is 637 g/mol. The van der Waals surface area contributed by atoms with Gasteiger partial charge in [-0.15, -0.1) is 11.6 Å². The van der Waals surface area contributed by atoms with E-state index in [1.54, 1.807) is 19.2 Å². The lowest BCUT2D eigenvalue weighted by atomic mass is 9.69. The number of ether oxygens (including phenoxy) is 2. The van der Waals surface area contributed by atoms with E-state index in [9.17, 15) is 9.90 Å². The number of aryl methyl sites for hydroxylation is 1. The molecule has 2 heterocycles. The molecule has 1 aromatic heterocycles. The fraction of sp³-hybridized carbons (Fsp3) is 0.486. The zero-order valence-corrected chi connectivity index (χ0v) is 27.1. The summed E-state index contributed by atoms with van der Waals surface area (Å²) >= 11 is 13.5. The third-order valence-electron chi connectivity index (χ3n) is 10.00. The van der Waals surface area contributed by atoms with Gasteiger partial charge in [0.05, 0.1) is 13.7 Å².